The zero-order valence-electron chi connectivity index (χ0n) is 10.7. The molecule has 0 aromatic carbocycles. The second-order valence-electron chi connectivity index (χ2n) is 5.85. The fourth-order valence-corrected chi connectivity index (χ4v) is 3.57. The number of rotatable bonds is 5. The largest absolute Gasteiger partial charge is 0.390 e. The summed E-state index contributed by atoms with van der Waals surface area (Å²) in [5, 5.41) is 10.0. The predicted octanol–water partition coefficient (Wildman–Crippen LogP) is 2.60. The minimum atomic E-state index is -0.712. The van der Waals surface area contributed by atoms with Gasteiger partial charge in [0.2, 0.25) is 0 Å². The Kier molecular flexibility index (Phi) is 5.62. The van der Waals surface area contributed by atoms with Crippen LogP contribution in [0, 0.1) is 11.8 Å². The maximum atomic E-state index is 10.0. The van der Waals surface area contributed by atoms with Crippen molar-refractivity contribution in [3.8, 4) is 0 Å². The number of hydrogen-bond acceptors (Lipinski definition) is 3. The average molecular weight is 245 g/mol. The highest BCUT2D eigenvalue weighted by Gasteiger charge is 2.32. The van der Waals surface area contributed by atoms with Gasteiger partial charge in [0.05, 0.1) is 5.60 Å². The van der Waals surface area contributed by atoms with E-state index < -0.39 is 5.60 Å². The van der Waals surface area contributed by atoms with Crippen LogP contribution in [0.3, 0.4) is 0 Å². The molecule has 2 nitrogen and oxygen atoms in total. The number of aliphatic hydroxyl groups is 1. The molecule has 2 atom stereocenters. The molecule has 0 bridgehead atoms. The Hall–Kier alpha value is 0.270. The number of nitrogens with two attached hydrogens (primary N) is 1. The monoisotopic (exact) mass is 245 g/mol. The predicted molar refractivity (Wildman–Crippen MR) is 72.8 cm³/mol. The molecular weight excluding hydrogens is 218 g/mol. The van der Waals surface area contributed by atoms with E-state index in [1.165, 1.54) is 32.1 Å². The first-order chi connectivity index (χ1) is 7.45. The lowest BCUT2D eigenvalue weighted by Gasteiger charge is -2.35. The molecular formula is C13H27NOS. The quantitative estimate of drug-likeness (QED) is 0.652. The Morgan fingerprint density at radius 3 is 2.31 bits per heavy atom. The summed E-state index contributed by atoms with van der Waals surface area (Å²) >= 11 is 4.33. The first-order valence-corrected chi connectivity index (χ1v) is 7.17. The van der Waals surface area contributed by atoms with Gasteiger partial charge in [-0.3, -0.25) is 0 Å². The molecule has 0 saturated heterocycles. The lowest BCUT2D eigenvalue weighted by molar-refractivity contribution is 0.0122. The fraction of sp³-hybridized carbons (Fsp3) is 1.00. The van der Waals surface area contributed by atoms with Crippen molar-refractivity contribution in [1.82, 2.24) is 0 Å². The van der Waals surface area contributed by atoms with Crippen LogP contribution in [0.1, 0.15) is 52.4 Å². The van der Waals surface area contributed by atoms with Gasteiger partial charge in [-0.1, -0.05) is 32.1 Å². The van der Waals surface area contributed by atoms with E-state index in [1.54, 1.807) is 0 Å². The summed E-state index contributed by atoms with van der Waals surface area (Å²) < 4.78 is 0. The molecule has 1 fully saturated rings. The molecule has 16 heavy (non-hydrogen) atoms. The molecule has 0 aromatic heterocycles. The summed E-state index contributed by atoms with van der Waals surface area (Å²) in [6, 6.07) is 0.0839. The van der Waals surface area contributed by atoms with Crippen molar-refractivity contribution in [2.75, 3.05) is 5.75 Å². The Balaban J connectivity index is 2.45. The standard InChI is InChI=1S/C13H27NOS/c1-13(2,15)11(9-16)12(14)8-10-6-4-3-5-7-10/h10-12,15-16H,3-9,14H2,1-2H3. The van der Waals surface area contributed by atoms with Crippen molar-refractivity contribution in [3.05, 3.63) is 0 Å². The van der Waals surface area contributed by atoms with E-state index in [4.69, 9.17) is 5.73 Å². The van der Waals surface area contributed by atoms with Gasteiger partial charge in [-0.25, -0.2) is 0 Å². The third-order valence-corrected chi connectivity index (χ3v) is 4.34. The van der Waals surface area contributed by atoms with Crippen LogP contribution in [0.4, 0.5) is 0 Å². The van der Waals surface area contributed by atoms with Crippen LogP contribution in [0.5, 0.6) is 0 Å². The van der Waals surface area contributed by atoms with E-state index in [2.05, 4.69) is 12.6 Å². The van der Waals surface area contributed by atoms with Crippen LogP contribution >= 0.6 is 12.6 Å². The molecule has 1 aliphatic carbocycles. The molecule has 2 unspecified atom stereocenters. The maximum Gasteiger partial charge on any atom is 0.0642 e. The Morgan fingerprint density at radius 2 is 1.88 bits per heavy atom. The molecule has 1 aliphatic rings. The van der Waals surface area contributed by atoms with E-state index in [1.807, 2.05) is 13.8 Å². The van der Waals surface area contributed by atoms with Crippen LogP contribution in [0.15, 0.2) is 0 Å². The Morgan fingerprint density at radius 1 is 1.31 bits per heavy atom. The van der Waals surface area contributed by atoms with Crippen molar-refractivity contribution in [2.45, 2.75) is 64.0 Å². The highest BCUT2D eigenvalue weighted by atomic mass is 32.1. The molecule has 1 rings (SSSR count). The van der Waals surface area contributed by atoms with Gasteiger partial charge in [-0.15, -0.1) is 0 Å². The van der Waals surface area contributed by atoms with Crippen LogP contribution in [0.25, 0.3) is 0 Å². The molecule has 3 N–H and O–H groups in total. The third kappa shape index (κ3) is 4.27. The first kappa shape index (κ1) is 14.3. The molecule has 0 spiro atoms. The second-order valence-corrected chi connectivity index (χ2v) is 6.21. The average Bonchev–Trinajstić information content (AvgIpc) is 2.17. The molecule has 1 saturated carbocycles. The molecule has 0 amide bonds. The smallest absolute Gasteiger partial charge is 0.0642 e. The third-order valence-electron chi connectivity index (χ3n) is 3.95. The van der Waals surface area contributed by atoms with Crippen molar-refractivity contribution in [2.24, 2.45) is 17.6 Å². The van der Waals surface area contributed by atoms with E-state index in [0.29, 0.717) is 5.75 Å². The lowest BCUT2D eigenvalue weighted by Crippen LogP contribution is -2.46. The molecule has 3 heteroatoms. The minimum Gasteiger partial charge on any atom is -0.390 e. The summed E-state index contributed by atoms with van der Waals surface area (Å²) in [5.41, 5.74) is 5.52. The van der Waals surface area contributed by atoms with Gasteiger partial charge in [0.1, 0.15) is 0 Å². The van der Waals surface area contributed by atoms with Gasteiger partial charge in [-0.2, -0.15) is 12.6 Å². The summed E-state index contributed by atoms with van der Waals surface area (Å²) in [7, 11) is 0. The first-order valence-electron chi connectivity index (χ1n) is 6.54. The molecule has 0 aromatic rings. The van der Waals surface area contributed by atoms with Gasteiger partial charge in [0, 0.05) is 12.0 Å². The van der Waals surface area contributed by atoms with Crippen molar-refractivity contribution in [1.29, 1.82) is 0 Å². The van der Waals surface area contributed by atoms with Crippen LogP contribution in [-0.2, 0) is 0 Å². The van der Waals surface area contributed by atoms with Gasteiger partial charge in [0.15, 0.2) is 0 Å². The minimum absolute atomic E-state index is 0.0839. The fourth-order valence-electron chi connectivity index (χ4n) is 2.85. The molecule has 0 radical (unpaired) electrons. The van der Waals surface area contributed by atoms with Crippen molar-refractivity contribution in [3.63, 3.8) is 0 Å². The summed E-state index contributed by atoms with van der Waals surface area (Å²) in [6.45, 7) is 3.68. The van der Waals surface area contributed by atoms with Crippen LogP contribution < -0.4 is 5.73 Å². The van der Waals surface area contributed by atoms with Gasteiger partial charge < -0.3 is 10.8 Å². The van der Waals surface area contributed by atoms with Gasteiger partial charge >= 0.3 is 0 Å². The summed E-state index contributed by atoms with van der Waals surface area (Å²) in [4.78, 5) is 0. The Labute approximate surface area is 105 Å². The number of hydrogen-bond donors (Lipinski definition) is 3. The summed E-state index contributed by atoms with van der Waals surface area (Å²) in [6.07, 6.45) is 7.77. The molecule has 0 aliphatic heterocycles. The van der Waals surface area contributed by atoms with Crippen LogP contribution in [0.2, 0.25) is 0 Å². The van der Waals surface area contributed by atoms with E-state index in [-0.39, 0.29) is 12.0 Å². The zero-order chi connectivity index (χ0) is 12.2. The SMILES string of the molecule is CC(C)(O)C(CS)C(N)CC1CCCCC1. The Bertz CT molecular complexity index is 197. The number of thiol groups is 1. The molecule has 0 heterocycles. The highest BCUT2D eigenvalue weighted by Crippen LogP contribution is 2.31. The highest BCUT2D eigenvalue weighted by molar-refractivity contribution is 7.80. The van der Waals surface area contributed by atoms with Crippen molar-refractivity contribution >= 4 is 12.6 Å². The molecule has 96 valence electrons. The van der Waals surface area contributed by atoms with Gasteiger partial charge in [-0.05, 0) is 31.9 Å². The normalized spacial score (nSPS) is 23.1. The van der Waals surface area contributed by atoms with E-state index >= 15 is 0 Å². The van der Waals surface area contributed by atoms with Crippen molar-refractivity contribution < 1.29 is 5.11 Å². The summed E-state index contributed by atoms with van der Waals surface area (Å²) in [5.74, 6) is 1.53. The maximum absolute atomic E-state index is 10.0. The van der Waals surface area contributed by atoms with Gasteiger partial charge in [0.25, 0.3) is 0 Å². The second kappa shape index (κ2) is 6.27. The van der Waals surface area contributed by atoms with E-state index in [9.17, 15) is 5.11 Å². The lowest BCUT2D eigenvalue weighted by atomic mass is 9.78. The van der Waals surface area contributed by atoms with Crippen LogP contribution in [-0.4, -0.2) is 22.5 Å². The van der Waals surface area contributed by atoms with E-state index in [0.717, 1.165) is 12.3 Å². The topological polar surface area (TPSA) is 46.2 Å². The zero-order valence-corrected chi connectivity index (χ0v) is 11.5.